The Bertz CT molecular complexity index is 920. The molecule has 1 aromatic heterocycles. The Labute approximate surface area is 170 Å². The molecule has 0 spiro atoms. The van der Waals surface area contributed by atoms with E-state index in [1.54, 1.807) is 19.1 Å². The summed E-state index contributed by atoms with van der Waals surface area (Å²) in [5.74, 6) is 2.55. The summed E-state index contributed by atoms with van der Waals surface area (Å²) in [7, 11) is 3.40. The molecule has 0 atom stereocenters. The van der Waals surface area contributed by atoms with E-state index in [-0.39, 0.29) is 5.91 Å². The molecule has 0 radical (unpaired) electrons. The van der Waals surface area contributed by atoms with Gasteiger partial charge in [0.05, 0.1) is 13.7 Å². The summed E-state index contributed by atoms with van der Waals surface area (Å²) in [6.45, 7) is 3.11. The maximum Gasteiger partial charge on any atom is 0.227 e. The molecule has 0 aliphatic rings. The van der Waals surface area contributed by atoms with E-state index >= 15 is 0 Å². The van der Waals surface area contributed by atoms with E-state index in [1.165, 1.54) is 0 Å². The molecule has 0 saturated carbocycles. The third-order valence-electron chi connectivity index (χ3n) is 4.45. The average molecular weight is 395 g/mol. The number of amides is 1. The summed E-state index contributed by atoms with van der Waals surface area (Å²) in [6.07, 6.45) is 0.702. The number of rotatable bonds is 9. The van der Waals surface area contributed by atoms with Crippen molar-refractivity contribution in [3.05, 3.63) is 60.0 Å². The van der Waals surface area contributed by atoms with Gasteiger partial charge in [-0.1, -0.05) is 17.3 Å². The molecular weight excluding hydrogens is 370 g/mol. The third kappa shape index (κ3) is 5.57. The number of nitrogens with zero attached hydrogens (tertiary/aromatic N) is 3. The molecule has 2 aromatic carbocycles. The van der Waals surface area contributed by atoms with E-state index in [4.69, 9.17) is 14.0 Å². The minimum Gasteiger partial charge on any atom is -0.497 e. The van der Waals surface area contributed by atoms with Gasteiger partial charge in [0.15, 0.2) is 0 Å². The summed E-state index contributed by atoms with van der Waals surface area (Å²) in [5.41, 5.74) is 1.88. The number of aryl methyl sites for hydroxylation is 1. The number of methoxy groups -OCH3 is 1. The number of hydrogen-bond donors (Lipinski definition) is 0. The molecule has 0 saturated heterocycles. The largest absolute Gasteiger partial charge is 0.497 e. The summed E-state index contributed by atoms with van der Waals surface area (Å²) in [4.78, 5) is 18.5. The lowest BCUT2D eigenvalue weighted by molar-refractivity contribution is -0.130. The van der Waals surface area contributed by atoms with Crippen LogP contribution in [0.1, 0.15) is 24.8 Å². The normalized spacial score (nSPS) is 10.6. The fourth-order valence-corrected chi connectivity index (χ4v) is 2.84. The van der Waals surface area contributed by atoms with Crippen LogP contribution in [0.25, 0.3) is 11.4 Å². The second kappa shape index (κ2) is 9.73. The van der Waals surface area contributed by atoms with Gasteiger partial charge in [-0.2, -0.15) is 4.98 Å². The highest BCUT2D eigenvalue weighted by atomic mass is 16.5. The Balaban J connectivity index is 1.51. The van der Waals surface area contributed by atoms with Crippen LogP contribution in [-0.4, -0.2) is 41.7 Å². The Kier molecular flexibility index (Phi) is 6.84. The van der Waals surface area contributed by atoms with Gasteiger partial charge < -0.3 is 18.9 Å². The summed E-state index contributed by atoms with van der Waals surface area (Å²) < 4.78 is 15.9. The van der Waals surface area contributed by atoms with E-state index in [0.717, 1.165) is 22.6 Å². The zero-order chi connectivity index (χ0) is 20.6. The van der Waals surface area contributed by atoms with Crippen molar-refractivity contribution >= 4 is 5.91 Å². The van der Waals surface area contributed by atoms with Crippen molar-refractivity contribution in [1.29, 1.82) is 0 Å². The highest BCUT2D eigenvalue weighted by Crippen LogP contribution is 2.20. The first-order valence-electron chi connectivity index (χ1n) is 9.51. The molecule has 1 amide bonds. The Hall–Kier alpha value is -3.35. The van der Waals surface area contributed by atoms with Gasteiger partial charge in [-0.15, -0.1) is 0 Å². The number of ether oxygens (including phenoxy) is 2. The molecule has 0 fully saturated rings. The van der Waals surface area contributed by atoms with E-state index in [0.29, 0.717) is 37.7 Å². The van der Waals surface area contributed by atoms with Crippen molar-refractivity contribution in [2.75, 3.05) is 20.8 Å². The molecule has 0 aliphatic heterocycles. The van der Waals surface area contributed by atoms with Gasteiger partial charge in [0.1, 0.15) is 11.5 Å². The van der Waals surface area contributed by atoms with Crippen molar-refractivity contribution in [3.63, 3.8) is 0 Å². The predicted molar refractivity (Wildman–Crippen MR) is 109 cm³/mol. The van der Waals surface area contributed by atoms with Gasteiger partial charge in [-0.3, -0.25) is 4.79 Å². The van der Waals surface area contributed by atoms with Crippen molar-refractivity contribution in [2.45, 2.75) is 26.3 Å². The zero-order valence-electron chi connectivity index (χ0n) is 16.9. The topological polar surface area (TPSA) is 77.7 Å². The summed E-state index contributed by atoms with van der Waals surface area (Å²) >= 11 is 0. The number of carbonyl (C=O) groups is 1. The predicted octanol–water partition coefficient (Wildman–Crippen LogP) is 3.74. The first-order valence-corrected chi connectivity index (χ1v) is 9.51. The number of hydrogen-bond acceptors (Lipinski definition) is 6. The van der Waals surface area contributed by atoms with E-state index in [9.17, 15) is 4.79 Å². The van der Waals surface area contributed by atoms with Crippen molar-refractivity contribution in [1.82, 2.24) is 15.0 Å². The molecule has 3 rings (SSSR count). The van der Waals surface area contributed by atoms with E-state index < -0.39 is 0 Å². The van der Waals surface area contributed by atoms with Crippen LogP contribution < -0.4 is 9.47 Å². The Morgan fingerprint density at radius 2 is 1.76 bits per heavy atom. The maximum atomic E-state index is 12.4. The molecule has 0 N–H and O–H groups in total. The second-order valence-corrected chi connectivity index (χ2v) is 6.57. The van der Waals surface area contributed by atoms with Crippen LogP contribution in [0.5, 0.6) is 11.5 Å². The van der Waals surface area contributed by atoms with Crippen LogP contribution in [-0.2, 0) is 17.8 Å². The fraction of sp³-hybridized carbons (Fsp3) is 0.318. The van der Waals surface area contributed by atoms with Crippen LogP contribution >= 0.6 is 0 Å². The molecule has 1 heterocycles. The molecule has 3 aromatic rings. The van der Waals surface area contributed by atoms with Crippen LogP contribution in [0.2, 0.25) is 0 Å². The zero-order valence-corrected chi connectivity index (χ0v) is 16.9. The van der Waals surface area contributed by atoms with E-state index in [2.05, 4.69) is 10.1 Å². The van der Waals surface area contributed by atoms with Gasteiger partial charge in [0, 0.05) is 32.0 Å². The lowest BCUT2D eigenvalue weighted by Crippen LogP contribution is -2.26. The van der Waals surface area contributed by atoms with Gasteiger partial charge in [-0.25, -0.2) is 0 Å². The standard InChI is InChI=1S/C22H25N3O4/c1-4-28-19-9-5-16(6-10-19)15-25(2)21(26)14-13-20-23-22(24-29-20)17-7-11-18(27-3)12-8-17/h5-12H,4,13-15H2,1-3H3. The number of aromatic nitrogens is 2. The lowest BCUT2D eigenvalue weighted by Gasteiger charge is -2.17. The quantitative estimate of drug-likeness (QED) is 0.549. The maximum absolute atomic E-state index is 12.4. The monoisotopic (exact) mass is 395 g/mol. The summed E-state index contributed by atoms with van der Waals surface area (Å²) in [5, 5.41) is 3.99. The van der Waals surface area contributed by atoms with Crippen molar-refractivity contribution in [3.8, 4) is 22.9 Å². The van der Waals surface area contributed by atoms with Gasteiger partial charge >= 0.3 is 0 Å². The molecule has 152 valence electrons. The molecule has 29 heavy (non-hydrogen) atoms. The highest BCUT2D eigenvalue weighted by Gasteiger charge is 2.14. The summed E-state index contributed by atoms with van der Waals surface area (Å²) in [6, 6.07) is 15.2. The second-order valence-electron chi connectivity index (χ2n) is 6.57. The Morgan fingerprint density at radius 3 is 2.41 bits per heavy atom. The van der Waals surface area contributed by atoms with Crippen molar-refractivity contribution in [2.24, 2.45) is 0 Å². The van der Waals surface area contributed by atoms with Gasteiger partial charge in [-0.05, 0) is 48.9 Å². The molecule has 0 aliphatic carbocycles. The highest BCUT2D eigenvalue weighted by molar-refractivity contribution is 5.76. The van der Waals surface area contributed by atoms with Gasteiger partial charge in [0.2, 0.25) is 17.6 Å². The molecule has 7 nitrogen and oxygen atoms in total. The van der Waals surface area contributed by atoms with Crippen LogP contribution in [0.15, 0.2) is 53.1 Å². The minimum absolute atomic E-state index is 0.0167. The smallest absolute Gasteiger partial charge is 0.227 e. The molecule has 7 heteroatoms. The molecule has 0 unspecified atom stereocenters. The lowest BCUT2D eigenvalue weighted by atomic mass is 10.2. The minimum atomic E-state index is 0.0167. The number of carbonyl (C=O) groups excluding carboxylic acids is 1. The fourth-order valence-electron chi connectivity index (χ4n) is 2.84. The van der Waals surface area contributed by atoms with Crippen LogP contribution in [0.4, 0.5) is 0 Å². The first kappa shape index (κ1) is 20.4. The van der Waals surface area contributed by atoms with Crippen LogP contribution in [0, 0.1) is 0 Å². The third-order valence-corrected chi connectivity index (χ3v) is 4.45. The van der Waals surface area contributed by atoms with Crippen LogP contribution in [0.3, 0.4) is 0 Å². The van der Waals surface area contributed by atoms with Crippen molar-refractivity contribution < 1.29 is 18.8 Å². The first-order chi connectivity index (χ1) is 14.1. The average Bonchev–Trinajstić information content (AvgIpc) is 3.22. The van der Waals surface area contributed by atoms with E-state index in [1.807, 2.05) is 55.5 Å². The van der Waals surface area contributed by atoms with Gasteiger partial charge in [0.25, 0.3) is 0 Å². The number of benzene rings is 2. The molecule has 0 bridgehead atoms. The molecular formula is C22H25N3O4. The SMILES string of the molecule is CCOc1ccc(CN(C)C(=O)CCc2nc(-c3ccc(OC)cc3)no2)cc1. The Morgan fingerprint density at radius 1 is 1.07 bits per heavy atom.